The third kappa shape index (κ3) is 3.26. The fourth-order valence-corrected chi connectivity index (χ4v) is 4.55. The molecule has 0 saturated carbocycles. The van der Waals surface area contributed by atoms with Gasteiger partial charge in [-0.15, -0.1) is 0 Å². The largest absolute Gasteiger partial charge is 0.493 e. The van der Waals surface area contributed by atoms with E-state index in [9.17, 15) is 0 Å². The summed E-state index contributed by atoms with van der Waals surface area (Å²) >= 11 is 0. The Labute approximate surface area is 191 Å². The molecule has 1 N–H and O–H groups in total. The molecule has 8 nitrogen and oxygen atoms in total. The number of rotatable bonds is 6. The van der Waals surface area contributed by atoms with E-state index in [-0.39, 0.29) is 0 Å². The van der Waals surface area contributed by atoms with Crippen LogP contribution >= 0.6 is 0 Å². The number of hydrogen-bond donors (Lipinski definition) is 1. The van der Waals surface area contributed by atoms with Crippen LogP contribution in [0.1, 0.15) is 28.2 Å². The van der Waals surface area contributed by atoms with Crippen molar-refractivity contribution < 1.29 is 18.7 Å². The average molecular weight is 444 g/mol. The van der Waals surface area contributed by atoms with Gasteiger partial charge >= 0.3 is 0 Å². The van der Waals surface area contributed by atoms with E-state index in [0.717, 1.165) is 22.4 Å². The number of hydrogen-bond acceptors (Lipinski definition) is 7. The third-order valence-electron chi connectivity index (χ3n) is 6.08. The zero-order chi connectivity index (χ0) is 23.0. The Hall–Kier alpha value is -4.07. The van der Waals surface area contributed by atoms with Crippen molar-refractivity contribution in [3.05, 3.63) is 76.7 Å². The van der Waals surface area contributed by atoms with Crippen LogP contribution in [-0.4, -0.2) is 41.7 Å². The normalized spacial score (nSPS) is 17.0. The highest BCUT2D eigenvalue weighted by atomic mass is 16.5. The molecule has 2 heterocycles. The minimum atomic E-state index is -0.534. The molecule has 0 saturated heterocycles. The Morgan fingerprint density at radius 1 is 0.970 bits per heavy atom. The van der Waals surface area contributed by atoms with E-state index in [1.807, 2.05) is 30.3 Å². The number of nitrogens with one attached hydrogen (secondary N) is 1. The highest BCUT2D eigenvalue weighted by Crippen LogP contribution is 2.50. The molecular formula is C25H24N4O4. The lowest BCUT2D eigenvalue weighted by molar-refractivity contribution is 0.319. The number of aromatic amines is 1. The molecule has 8 heteroatoms. The van der Waals surface area contributed by atoms with Crippen LogP contribution in [0, 0.1) is 6.92 Å². The number of benzene rings is 2. The number of H-pyrrole nitrogens is 1. The summed E-state index contributed by atoms with van der Waals surface area (Å²) in [6.07, 6.45) is 4.85. The van der Waals surface area contributed by atoms with Crippen molar-refractivity contribution in [2.45, 2.75) is 18.8 Å². The highest BCUT2D eigenvalue weighted by Gasteiger charge is 2.40. The minimum Gasteiger partial charge on any atom is -0.493 e. The molecule has 1 atom stereocenters. The summed E-state index contributed by atoms with van der Waals surface area (Å²) in [4.78, 5) is 4.34. The summed E-state index contributed by atoms with van der Waals surface area (Å²) < 4.78 is 22.4. The molecule has 0 fully saturated rings. The lowest BCUT2D eigenvalue weighted by atomic mass is 9.68. The van der Waals surface area contributed by atoms with Crippen LogP contribution in [-0.2, 0) is 11.8 Å². The van der Waals surface area contributed by atoms with Gasteiger partial charge in [-0.2, -0.15) is 10.1 Å². The van der Waals surface area contributed by atoms with Gasteiger partial charge in [-0.1, -0.05) is 53.7 Å². The van der Waals surface area contributed by atoms with Crippen LogP contribution < -0.4 is 14.2 Å². The van der Waals surface area contributed by atoms with Crippen LogP contribution in [0.4, 0.5) is 0 Å². The molecule has 2 aromatic carbocycles. The Morgan fingerprint density at radius 3 is 2.42 bits per heavy atom. The lowest BCUT2D eigenvalue weighted by Crippen LogP contribution is -2.31. The van der Waals surface area contributed by atoms with Gasteiger partial charge in [-0.3, -0.25) is 5.10 Å². The number of aromatic nitrogens is 4. The molecule has 1 aliphatic rings. The van der Waals surface area contributed by atoms with Crippen LogP contribution in [0.5, 0.6) is 17.2 Å². The second kappa shape index (κ2) is 8.12. The molecule has 5 rings (SSSR count). The number of allylic oxidation sites excluding steroid dienone is 1. The van der Waals surface area contributed by atoms with Gasteiger partial charge in [0.1, 0.15) is 0 Å². The maximum atomic E-state index is 5.88. The maximum absolute atomic E-state index is 5.88. The second-order valence-corrected chi connectivity index (χ2v) is 7.84. The highest BCUT2D eigenvalue weighted by molar-refractivity contribution is 5.74. The van der Waals surface area contributed by atoms with Gasteiger partial charge in [-0.05, 0) is 18.6 Å². The predicted octanol–water partition coefficient (Wildman–Crippen LogP) is 4.35. The molecule has 0 aliphatic heterocycles. The molecule has 0 spiro atoms. The summed E-state index contributed by atoms with van der Waals surface area (Å²) in [5.41, 5.74) is 4.08. The summed E-state index contributed by atoms with van der Waals surface area (Å²) in [6.45, 7) is 1.78. The van der Waals surface area contributed by atoms with E-state index in [4.69, 9.17) is 18.7 Å². The standard InChI is InChI=1S/C25H24N4O4/c1-15-26-24(33-29-15)21-17-12-13-25(14-19(17)27-28-21,16-8-6-5-7-9-16)18-10-11-20(30-2)23(32-4)22(18)31-3/h5-13H,14H2,1-4H3,(H,27,28). The van der Waals surface area contributed by atoms with Gasteiger partial charge in [-0.25, -0.2) is 0 Å². The quantitative estimate of drug-likeness (QED) is 0.472. The molecule has 0 amide bonds. The first kappa shape index (κ1) is 20.8. The smallest absolute Gasteiger partial charge is 0.279 e. The molecule has 168 valence electrons. The molecule has 4 aromatic rings. The van der Waals surface area contributed by atoms with Crippen molar-refractivity contribution >= 4 is 6.08 Å². The van der Waals surface area contributed by atoms with Gasteiger partial charge in [0.05, 0.1) is 21.3 Å². The maximum Gasteiger partial charge on any atom is 0.279 e. The Bertz CT molecular complexity index is 1330. The summed E-state index contributed by atoms with van der Waals surface area (Å²) in [6, 6.07) is 14.2. The lowest BCUT2D eigenvalue weighted by Gasteiger charge is -2.36. The van der Waals surface area contributed by atoms with Crippen molar-refractivity contribution in [2.24, 2.45) is 0 Å². The molecule has 2 aromatic heterocycles. The first-order valence-corrected chi connectivity index (χ1v) is 10.5. The number of nitrogens with zero attached hydrogens (tertiary/aromatic N) is 3. The van der Waals surface area contributed by atoms with Crippen molar-refractivity contribution in [1.29, 1.82) is 0 Å². The second-order valence-electron chi connectivity index (χ2n) is 7.84. The van der Waals surface area contributed by atoms with Gasteiger partial charge in [0, 0.05) is 28.7 Å². The molecular weight excluding hydrogens is 420 g/mol. The van der Waals surface area contributed by atoms with E-state index in [1.165, 1.54) is 0 Å². The Morgan fingerprint density at radius 2 is 1.76 bits per heavy atom. The van der Waals surface area contributed by atoms with E-state index < -0.39 is 5.41 Å². The van der Waals surface area contributed by atoms with Crippen molar-refractivity contribution in [2.75, 3.05) is 21.3 Å². The monoisotopic (exact) mass is 444 g/mol. The minimum absolute atomic E-state index is 0.394. The van der Waals surface area contributed by atoms with Crippen LogP contribution in [0.15, 0.2) is 53.1 Å². The van der Waals surface area contributed by atoms with Crippen molar-refractivity contribution in [1.82, 2.24) is 20.3 Å². The van der Waals surface area contributed by atoms with Gasteiger partial charge < -0.3 is 18.7 Å². The van der Waals surface area contributed by atoms with E-state index in [0.29, 0.717) is 41.1 Å². The van der Waals surface area contributed by atoms with E-state index >= 15 is 0 Å². The number of fused-ring (bicyclic) bond motifs is 1. The van der Waals surface area contributed by atoms with Crippen molar-refractivity contribution in [3.8, 4) is 28.8 Å². The predicted molar refractivity (Wildman–Crippen MR) is 123 cm³/mol. The van der Waals surface area contributed by atoms with Crippen LogP contribution in [0.2, 0.25) is 0 Å². The number of ether oxygens (including phenoxy) is 3. The van der Waals surface area contributed by atoms with E-state index in [1.54, 1.807) is 28.3 Å². The van der Waals surface area contributed by atoms with Gasteiger partial charge in [0.15, 0.2) is 23.0 Å². The zero-order valence-electron chi connectivity index (χ0n) is 18.9. The molecule has 1 unspecified atom stereocenters. The topological polar surface area (TPSA) is 95.3 Å². The molecule has 1 aliphatic carbocycles. The Kier molecular flexibility index (Phi) is 5.12. The van der Waals surface area contributed by atoms with Crippen LogP contribution in [0.25, 0.3) is 17.7 Å². The van der Waals surface area contributed by atoms with Gasteiger partial charge in [0.2, 0.25) is 5.75 Å². The fourth-order valence-electron chi connectivity index (χ4n) is 4.55. The molecule has 0 bridgehead atoms. The van der Waals surface area contributed by atoms with Crippen molar-refractivity contribution in [3.63, 3.8) is 0 Å². The van der Waals surface area contributed by atoms with Gasteiger partial charge in [0.25, 0.3) is 5.89 Å². The SMILES string of the molecule is COc1ccc(C2(c3ccccc3)C=Cc3c(-c4nc(C)no4)n[nH]c3C2)c(OC)c1OC. The Balaban J connectivity index is 1.71. The molecule has 33 heavy (non-hydrogen) atoms. The molecule has 0 radical (unpaired) electrons. The van der Waals surface area contributed by atoms with E-state index in [2.05, 4.69) is 44.6 Å². The number of aryl methyl sites for hydroxylation is 1. The fraction of sp³-hybridized carbons (Fsp3) is 0.240. The first-order valence-electron chi connectivity index (χ1n) is 10.5. The summed E-state index contributed by atoms with van der Waals surface area (Å²) in [5.74, 6) is 2.75. The first-order chi connectivity index (χ1) is 16.1. The summed E-state index contributed by atoms with van der Waals surface area (Å²) in [5, 5.41) is 11.6. The zero-order valence-corrected chi connectivity index (χ0v) is 18.9. The average Bonchev–Trinajstić information content (AvgIpc) is 3.48. The van der Waals surface area contributed by atoms with Crippen LogP contribution in [0.3, 0.4) is 0 Å². The third-order valence-corrected chi connectivity index (χ3v) is 6.08. The summed E-state index contributed by atoms with van der Waals surface area (Å²) in [7, 11) is 4.87. The number of methoxy groups -OCH3 is 3.